The van der Waals surface area contributed by atoms with Gasteiger partial charge >= 0.3 is 5.97 Å². The van der Waals surface area contributed by atoms with Crippen molar-refractivity contribution in [2.75, 3.05) is 0 Å². The Morgan fingerprint density at radius 3 is 2.56 bits per heavy atom. The van der Waals surface area contributed by atoms with Crippen LogP contribution in [-0.4, -0.2) is 44.7 Å². The number of rotatable bonds is 14. The summed E-state index contributed by atoms with van der Waals surface area (Å²) in [6.07, 6.45) is 14.9. The second-order valence-corrected chi connectivity index (χ2v) is 7.76. The van der Waals surface area contributed by atoms with Gasteiger partial charge in [-0.1, -0.05) is 56.9 Å². The lowest BCUT2D eigenvalue weighted by Gasteiger charge is -2.19. The van der Waals surface area contributed by atoms with Crippen molar-refractivity contribution < 1.29 is 25.2 Å². The van der Waals surface area contributed by atoms with Crippen LogP contribution in [0, 0.1) is 11.8 Å². The van der Waals surface area contributed by atoms with Gasteiger partial charge in [-0.15, -0.1) is 0 Å². The van der Waals surface area contributed by atoms with Crippen molar-refractivity contribution in [2.24, 2.45) is 11.8 Å². The van der Waals surface area contributed by atoms with Gasteiger partial charge in [-0.05, 0) is 38.0 Å². The third-order valence-electron chi connectivity index (χ3n) is 5.41. The molecule has 0 aromatic carbocycles. The minimum absolute atomic E-state index is 0.0126. The van der Waals surface area contributed by atoms with E-state index in [0.717, 1.165) is 25.7 Å². The standard InChI is InChI=1S/C22H38O5/c1-2-3-4-5-6-9-12-18-19(21(25)16-20(18)24)15-14-17(23)11-8-7-10-13-22(26)27/h6,9,14-15,17-21,23-25H,2-5,7-8,10-13,16H2,1H3,(H,26,27)/b9-6-,15-14+/t17-,18-,19+,20+,21-/m1/s1. The summed E-state index contributed by atoms with van der Waals surface area (Å²) in [6.45, 7) is 2.18. The summed E-state index contributed by atoms with van der Waals surface area (Å²) < 4.78 is 0. The number of aliphatic hydroxyl groups excluding tert-OH is 3. The molecule has 1 saturated carbocycles. The van der Waals surface area contributed by atoms with Crippen molar-refractivity contribution in [3.05, 3.63) is 24.3 Å². The highest BCUT2D eigenvalue weighted by Gasteiger charge is 2.39. The number of aliphatic hydroxyl groups is 3. The number of carboxylic acids is 1. The Morgan fingerprint density at radius 2 is 1.85 bits per heavy atom. The Balaban J connectivity index is 2.39. The Bertz CT molecular complexity index is 460. The van der Waals surface area contributed by atoms with E-state index in [2.05, 4.69) is 19.1 Å². The maximum atomic E-state index is 10.5. The van der Waals surface area contributed by atoms with Gasteiger partial charge in [0.15, 0.2) is 0 Å². The molecule has 0 amide bonds. The Hall–Kier alpha value is -1.17. The lowest BCUT2D eigenvalue weighted by Crippen LogP contribution is -2.20. The Labute approximate surface area is 163 Å². The first-order valence-corrected chi connectivity index (χ1v) is 10.5. The molecule has 1 aliphatic carbocycles. The van der Waals surface area contributed by atoms with Gasteiger partial charge in [-0.2, -0.15) is 0 Å². The largest absolute Gasteiger partial charge is 0.481 e. The van der Waals surface area contributed by atoms with Gasteiger partial charge < -0.3 is 20.4 Å². The van der Waals surface area contributed by atoms with Crippen LogP contribution in [0.3, 0.4) is 0 Å². The van der Waals surface area contributed by atoms with Crippen molar-refractivity contribution in [3.8, 4) is 0 Å². The van der Waals surface area contributed by atoms with Crippen molar-refractivity contribution in [3.63, 3.8) is 0 Å². The molecular weight excluding hydrogens is 344 g/mol. The number of allylic oxidation sites excluding steroid dienone is 2. The fraction of sp³-hybridized carbons (Fsp3) is 0.773. The molecule has 156 valence electrons. The lowest BCUT2D eigenvalue weighted by molar-refractivity contribution is -0.137. The highest BCUT2D eigenvalue weighted by Crippen LogP contribution is 2.36. The van der Waals surface area contributed by atoms with Crippen molar-refractivity contribution in [1.82, 2.24) is 0 Å². The van der Waals surface area contributed by atoms with E-state index < -0.39 is 24.3 Å². The summed E-state index contributed by atoms with van der Waals surface area (Å²) in [7, 11) is 0. The van der Waals surface area contributed by atoms with Crippen LogP contribution in [0.2, 0.25) is 0 Å². The number of aliphatic carboxylic acids is 1. The first-order valence-electron chi connectivity index (χ1n) is 10.5. The van der Waals surface area contributed by atoms with E-state index in [4.69, 9.17) is 5.11 Å². The number of carbonyl (C=O) groups is 1. The monoisotopic (exact) mass is 382 g/mol. The minimum atomic E-state index is -0.783. The van der Waals surface area contributed by atoms with Gasteiger partial charge in [0, 0.05) is 18.8 Å². The van der Waals surface area contributed by atoms with Gasteiger partial charge in [0.05, 0.1) is 18.3 Å². The molecule has 1 fully saturated rings. The quantitative estimate of drug-likeness (QED) is 0.270. The van der Waals surface area contributed by atoms with E-state index in [1.54, 1.807) is 6.08 Å². The molecule has 0 aromatic rings. The Kier molecular flexibility index (Phi) is 12.3. The van der Waals surface area contributed by atoms with Crippen molar-refractivity contribution in [2.45, 2.75) is 95.9 Å². The van der Waals surface area contributed by atoms with Crippen LogP contribution in [0.1, 0.15) is 77.6 Å². The smallest absolute Gasteiger partial charge is 0.303 e. The fourth-order valence-electron chi connectivity index (χ4n) is 3.75. The van der Waals surface area contributed by atoms with E-state index in [1.807, 2.05) is 6.08 Å². The molecule has 4 N–H and O–H groups in total. The maximum Gasteiger partial charge on any atom is 0.303 e. The summed E-state index contributed by atoms with van der Waals surface area (Å²) in [5, 5.41) is 39.2. The van der Waals surface area contributed by atoms with Crippen LogP contribution in [0.4, 0.5) is 0 Å². The summed E-state index contributed by atoms with van der Waals surface area (Å²) in [6, 6.07) is 0. The number of hydrogen-bond donors (Lipinski definition) is 4. The van der Waals surface area contributed by atoms with E-state index >= 15 is 0 Å². The third-order valence-corrected chi connectivity index (χ3v) is 5.41. The fourth-order valence-corrected chi connectivity index (χ4v) is 3.75. The zero-order valence-corrected chi connectivity index (χ0v) is 16.7. The molecule has 1 rings (SSSR count). The zero-order chi connectivity index (χ0) is 20.1. The van der Waals surface area contributed by atoms with Gasteiger partial charge in [0.2, 0.25) is 0 Å². The van der Waals surface area contributed by atoms with Crippen LogP contribution in [0.5, 0.6) is 0 Å². The molecule has 0 unspecified atom stereocenters. The predicted octanol–water partition coefficient (Wildman–Crippen LogP) is 3.82. The molecule has 0 aliphatic heterocycles. The molecule has 5 atom stereocenters. The van der Waals surface area contributed by atoms with Crippen LogP contribution in [0.15, 0.2) is 24.3 Å². The molecule has 0 saturated heterocycles. The predicted molar refractivity (Wildman–Crippen MR) is 107 cm³/mol. The highest BCUT2D eigenvalue weighted by molar-refractivity contribution is 5.66. The van der Waals surface area contributed by atoms with E-state index in [9.17, 15) is 20.1 Å². The summed E-state index contributed by atoms with van der Waals surface area (Å²) in [5.41, 5.74) is 0. The van der Waals surface area contributed by atoms with Gasteiger partial charge in [-0.25, -0.2) is 0 Å². The first kappa shape index (κ1) is 23.9. The van der Waals surface area contributed by atoms with E-state index in [0.29, 0.717) is 19.3 Å². The number of unbranched alkanes of at least 4 members (excludes halogenated alkanes) is 5. The average Bonchev–Trinajstić information content (AvgIpc) is 2.88. The van der Waals surface area contributed by atoms with Gasteiger partial charge in [0.25, 0.3) is 0 Å². The molecule has 0 aromatic heterocycles. The second kappa shape index (κ2) is 13.9. The maximum absolute atomic E-state index is 10.5. The van der Waals surface area contributed by atoms with E-state index in [1.165, 1.54) is 19.3 Å². The second-order valence-electron chi connectivity index (χ2n) is 7.76. The van der Waals surface area contributed by atoms with Gasteiger partial charge in [-0.3, -0.25) is 4.79 Å². The van der Waals surface area contributed by atoms with Gasteiger partial charge in [0.1, 0.15) is 0 Å². The summed E-state index contributed by atoms with van der Waals surface area (Å²) in [4.78, 5) is 10.5. The topological polar surface area (TPSA) is 98.0 Å². The van der Waals surface area contributed by atoms with Crippen LogP contribution < -0.4 is 0 Å². The minimum Gasteiger partial charge on any atom is -0.481 e. The SMILES string of the molecule is CCCCC/C=C\C[C@@H]1[C@H](/C=C/[C@H](O)CCCCCC(=O)O)[C@H](O)C[C@@H]1O. The first-order chi connectivity index (χ1) is 13.0. The summed E-state index contributed by atoms with van der Waals surface area (Å²) in [5.74, 6) is -0.932. The number of hydrogen-bond acceptors (Lipinski definition) is 4. The molecular formula is C22H38O5. The van der Waals surface area contributed by atoms with Crippen molar-refractivity contribution >= 4 is 5.97 Å². The molecule has 0 bridgehead atoms. The zero-order valence-electron chi connectivity index (χ0n) is 16.7. The Morgan fingerprint density at radius 1 is 1.07 bits per heavy atom. The molecule has 0 spiro atoms. The molecule has 27 heavy (non-hydrogen) atoms. The van der Waals surface area contributed by atoms with Crippen LogP contribution in [0.25, 0.3) is 0 Å². The van der Waals surface area contributed by atoms with Crippen molar-refractivity contribution in [1.29, 1.82) is 0 Å². The molecule has 0 radical (unpaired) electrons. The molecule has 5 nitrogen and oxygen atoms in total. The van der Waals surface area contributed by atoms with Crippen LogP contribution >= 0.6 is 0 Å². The average molecular weight is 383 g/mol. The van der Waals surface area contributed by atoms with Crippen LogP contribution in [-0.2, 0) is 4.79 Å². The normalized spacial score (nSPS) is 27.0. The molecule has 0 heterocycles. The highest BCUT2D eigenvalue weighted by atomic mass is 16.4. The molecule has 1 aliphatic rings. The van der Waals surface area contributed by atoms with E-state index in [-0.39, 0.29) is 18.3 Å². The lowest BCUT2D eigenvalue weighted by atomic mass is 9.89. The summed E-state index contributed by atoms with van der Waals surface area (Å²) >= 11 is 0. The third kappa shape index (κ3) is 10.1. The number of carboxylic acid groups (broad SMARTS) is 1. The molecule has 5 heteroatoms.